The molecular formula is C19H25N3O3. The molecule has 0 fully saturated rings. The van der Waals surface area contributed by atoms with Crippen LogP contribution in [0.5, 0.6) is 11.5 Å². The topological polar surface area (TPSA) is 72.5 Å². The fourth-order valence-electron chi connectivity index (χ4n) is 2.33. The van der Waals surface area contributed by atoms with E-state index in [9.17, 15) is 4.79 Å². The molecule has 25 heavy (non-hydrogen) atoms. The van der Waals surface area contributed by atoms with Gasteiger partial charge in [0.2, 0.25) is 5.91 Å². The predicted octanol–water partition coefficient (Wildman–Crippen LogP) is 2.28. The molecular weight excluding hydrogens is 318 g/mol. The molecule has 0 saturated carbocycles. The molecule has 2 aromatic rings. The molecule has 0 spiro atoms. The van der Waals surface area contributed by atoms with Gasteiger partial charge in [-0.15, -0.1) is 0 Å². The fraction of sp³-hybridized carbons (Fsp3) is 0.368. The van der Waals surface area contributed by atoms with Gasteiger partial charge in [0, 0.05) is 38.4 Å². The molecule has 0 aliphatic carbocycles. The normalized spacial score (nSPS) is 10.3. The Kier molecular flexibility index (Phi) is 7.72. The Balaban J connectivity index is 1.70. The van der Waals surface area contributed by atoms with Crippen molar-refractivity contribution in [2.75, 3.05) is 20.3 Å². The summed E-state index contributed by atoms with van der Waals surface area (Å²) in [7, 11) is 1.62. The SMILES string of the molecule is CCOc1cc(CNCCC(=O)NCc2cccnc2)ccc1OC. The van der Waals surface area contributed by atoms with Crippen LogP contribution in [0.4, 0.5) is 0 Å². The van der Waals surface area contributed by atoms with Crippen molar-refractivity contribution in [1.82, 2.24) is 15.6 Å². The lowest BCUT2D eigenvalue weighted by Crippen LogP contribution is -2.27. The van der Waals surface area contributed by atoms with Crippen LogP contribution in [0, 0.1) is 0 Å². The molecule has 0 bridgehead atoms. The summed E-state index contributed by atoms with van der Waals surface area (Å²) in [6.45, 7) is 4.30. The van der Waals surface area contributed by atoms with Crippen molar-refractivity contribution < 1.29 is 14.3 Å². The van der Waals surface area contributed by atoms with Crippen molar-refractivity contribution in [3.05, 3.63) is 53.9 Å². The lowest BCUT2D eigenvalue weighted by Gasteiger charge is -2.11. The highest BCUT2D eigenvalue weighted by Gasteiger charge is 2.06. The molecule has 2 N–H and O–H groups in total. The van der Waals surface area contributed by atoms with E-state index in [0.29, 0.717) is 32.7 Å². The first-order valence-electron chi connectivity index (χ1n) is 8.39. The number of aromatic nitrogens is 1. The Hall–Kier alpha value is -2.60. The second kappa shape index (κ2) is 10.3. The van der Waals surface area contributed by atoms with E-state index < -0.39 is 0 Å². The maximum atomic E-state index is 11.8. The van der Waals surface area contributed by atoms with E-state index in [-0.39, 0.29) is 5.91 Å². The minimum absolute atomic E-state index is 0.0149. The third-order valence-electron chi connectivity index (χ3n) is 3.60. The van der Waals surface area contributed by atoms with Gasteiger partial charge in [-0.25, -0.2) is 0 Å². The van der Waals surface area contributed by atoms with Gasteiger partial charge < -0.3 is 20.1 Å². The third-order valence-corrected chi connectivity index (χ3v) is 3.60. The second-order valence-electron chi connectivity index (χ2n) is 5.48. The van der Waals surface area contributed by atoms with Crippen LogP contribution < -0.4 is 20.1 Å². The number of nitrogens with zero attached hydrogens (tertiary/aromatic N) is 1. The number of carbonyl (C=O) groups is 1. The first-order chi connectivity index (χ1) is 12.2. The average molecular weight is 343 g/mol. The van der Waals surface area contributed by atoms with Gasteiger partial charge in [-0.1, -0.05) is 12.1 Å². The van der Waals surface area contributed by atoms with Crippen LogP contribution in [0.3, 0.4) is 0 Å². The monoisotopic (exact) mass is 343 g/mol. The van der Waals surface area contributed by atoms with E-state index in [4.69, 9.17) is 9.47 Å². The average Bonchev–Trinajstić information content (AvgIpc) is 2.65. The number of rotatable bonds is 10. The zero-order valence-electron chi connectivity index (χ0n) is 14.7. The summed E-state index contributed by atoms with van der Waals surface area (Å²) < 4.78 is 10.8. The van der Waals surface area contributed by atoms with Crippen molar-refractivity contribution >= 4 is 5.91 Å². The number of methoxy groups -OCH3 is 1. The van der Waals surface area contributed by atoms with Crippen LogP contribution in [0.15, 0.2) is 42.7 Å². The number of carbonyl (C=O) groups excluding carboxylic acids is 1. The summed E-state index contributed by atoms with van der Waals surface area (Å²) in [5.74, 6) is 1.47. The minimum Gasteiger partial charge on any atom is -0.493 e. The summed E-state index contributed by atoms with van der Waals surface area (Å²) in [6, 6.07) is 9.62. The molecule has 0 atom stereocenters. The highest BCUT2D eigenvalue weighted by atomic mass is 16.5. The zero-order chi connectivity index (χ0) is 17.9. The largest absolute Gasteiger partial charge is 0.493 e. The molecule has 0 radical (unpaired) electrons. The standard InChI is InChI=1S/C19H25N3O3/c1-3-25-18-11-15(6-7-17(18)24-2)12-21-10-8-19(23)22-14-16-5-4-9-20-13-16/h4-7,9,11,13,21H,3,8,10,12,14H2,1-2H3,(H,22,23). The Bertz CT molecular complexity index is 662. The van der Waals surface area contributed by atoms with E-state index in [2.05, 4.69) is 15.6 Å². The van der Waals surface area contributed by atoms with Gasteiger partial charge in [0.15, 0.2) is 11.5 Å². The van der Waals surface area contributed by atoms with Gasteiger partial charge in [0.05, 0.1) is 13.7 Å². The highest BCUT2D eigenvalue weighted by Crippen LogP contribution is 2.27. The number of hydrogen-bond donors (Lipinski definition) is 2. The van der Waals surface area contributed by atoms with E-state index in [1.165, 1.54) is 0 Å². The molecule has 6 heteroatoms. The first kappa shape index (κ1) is 18.7. The van der Waals surface area contributed by atoms with Crippen molar-refractivity contribution in [3.8, 4) is 11.5 Å². The van der Waals surface area contributed by atoms with Gasteiger partial charge in [-0.05, 0) is 36.2 Å². The molecule has 6 nitrogen and oxygen atoms in total. The molecule has 0 unspecified atom stereocenters. The zero-order valence-corrected chi connectivity index (χ0v) is 14.7. The summed E-state index contributed by atoms with van der Waals surface area (Å²) in [6.07, 6.45) is 3.89. The van der Waals surface area contributed by atoms with Gasteiger partial charge in [0.25, 0.3) is 0 Å². The van der Waals surface area contributed by atoms with E-state index in [1.807, 2.05) is 37.3 Å². The van der Waals surface area contributed by atoms with Gasteiger partial charge >= 0.3 is 0 Å². The number of nitrogens with one attached hydrogen (secondary N) is 2. The maximum Gasteiger partial charge on any atom is 0.221 e. The first-order valence-corrected chi connectivity index (χ1v) is 8.39. The smallest absolute Gasteiger partial charge is 0.221 e. The van der Waals surface area contributed by atoms with Crippen LogP contribution in [0.25, 0.3) is 0 Å². The van der Waals surface area contributed by atoms with Gasteiger partial charge in [-0.3, -0.25) is 9.78 Å². The van der Waals surface area contributed by atoms with Crippen molar-refractivity contribution in [3.63, 3.8) is 0 Å². The van der Waals surface area contributed by atoms with Crippen molar-refractivity contribution in [1.29, 1.82) is 0 Å². The molecule has 2 rings (SSSR count). The van der Waals surface area contributed by atoms with Crippen LogP contribution in [-0.4, -0.2) is 31.2 Å². The molecule has 1 aromatic carbocycles. The molecule has 1 amide bonds. The molecule has 134 valence electrons. The van der Waals surface area contributed by atoms with Crippen molar-refractivity contribution in [2.45, 2.75) is 26.4 Å². The van der Waals surface area contributed by atoms with Crippen molar-refractivity contribution in [2.24, 2.45) is 0 Å². The summed E-state index contributed by atoms with van der Waals surface area (Å²) in [5, 5.41) is 6.15. The summed E-state index contributed by atoms with van der Waals surface area (Å²) in [5.41, 5.74) is 2.07. The molecule has 1 aromatic heterocycles. The van der Waals surface area contributed by atoms with Crippen LogP contribution >= 0.6 is 0 Å². The molecule has 0 saturated heterocycles. The maximum absolute atomic E-state index is 11.8. The third kappa shape index (κ3) is 6.43. The van der Waals surface area contributed by atoms with Gasteiger partial charge in [-0.2, -0.15) is 0 Å². The Labute approximate surface area is 148 Å². The lowest BCUT2D eigenvalue weighted by atomic mass is 10.2. The second-order valence-corrected chi connectivity index (χ2v) is 5.48. The summed E-state index contributed by atoms with van der Waals surface area (Å²) in [4.78, 5) is 15.9. The number of ether oxygens (including phenoxy) is 2. The highest BCUT2D eigenvalue weighted by molar-refractivity contribution is 5.76. The van der Waals surface area contributed by atoms with Crippen LogP contribution in [0.1, 0.15) is 24.5 Å². The minimum atomic E-state index is 0.0149. The lowest BCUT2D eigenvalue weighted by molar-refractivity contribution is -0.121. The predicted molar refractivity (Wildman–Crippen MR) is 96.6 cm³/mol. The number of hydrogen-bond acceptors (Lipinski definition) is 5. The fourth-order valence-corrected chi connectivity index (χ4v) is 2.33. The van der Waals surface area contributed by atoms with Gasteiger partial charge in [0.1, 0.15) is 0 Å². The quantitative estimate of drug-likeness (QED) is 0.648. The number of pyridine rings is 1. The van der Waals surface area contributed by atoms with E-state index in [1.54, 1.807) is 19.5 Å². The Morgan fingerprint density at radius 3 is 2.76 bits per heavy atom. The summed E-state index contributed by atoms with van der Waals surface area (Å²) >= 11 is 0. The molecule has 1 heterocycles. The Morgan fingerprint density at radius 2 is 2.04 bits per heavy atom. The number of benzene rings is 1. The van der Waals surface area contributed by atoms with Crippen LogP contribution in [-0.2, 0) is 17.9 Å². The molecule has 0 aliphatic rings. The number of amides is 1. The van der Waals surface area contributed by atoms with Crippen LogP contribution in [0.2, 0.25) is 0 Å². The Morgan fingerprint density at radius 1 is 1.16 bits per heavy atom. The van der Waals surface area contributed by atoms with E-state index in [0.717, 1.165) is 22.6 Å². The van der Waals surface area contributed by atoms with E-state index >= 15 is 0 Å². The molecule has 0 aliphatic heterocycles.